The normalized spacial score (nSPS) is 14.1. The maximum atomic E-state index is 6.22. The van der Waals surface area contributed by atoms with E-state index >= 15 is 0 Å². The van der Waals surface area contributed by atoms with E-state index in [0.29, 0.717) is 5.92 Å². The number of benzene rings is 1. The first-order valence-corrected chi connectivity index (χ1v) is 7.61. The fourth-order valence-electron chi connectivity index (χ4n) is 2.27. The van der Waals surface area contributed by atoms with Crippen LogP contribution in [0.5, 0.6) is 0 Å². The molecule has 1 N–H and O–H groups in total. The summed E-state index contributed by atoms with van der Waals surface area (Å²) in [7, 11) is 1.98. The van der Waals surface area contributed by atoms with Gasteiger partial charge in [0, 0.05) is 27.9 Å². The van der Waals surface area contributed by atoms with Gasteiger partial charge in [-0.15, -0.1) is 0 Å². The molecule has 0 fully saturated rings. The topological polar surface area (TPSA) is 24.9 Å². The van der Waals surface area contributed by atoms with Gasteiger partial charge in [0.15, 0.2) is 0 Å². The maximum absolute atomic E-state index is 6.22. The van der Waals surface area contributed by atoms with E-state index < -0.39 is 0 Å². The largest absolute Gasteiger partial charge is 0.312 e. The lowest BCUT2D eigenvalue weighted by atomic mass is 9.89. The van der Waals surface area contributed by atoms with Gasteiger partial charge in [0.2, 0.25) is 0 Å². The van der Waals surface area contributed by atoms with Crippen molar-refractivity contribution in [1.82, 2.24) is 10.3 Å². The van der Waals surface area contributed by atoms with Gasteiger partial charge >= 0.3 is 0 Å². The zero-order valence-corrected chi connectivity index (χ0v) is 13.8. The SMILES string of the molecule is CNC(c1ccc(I)c(Cl)c1)C(C)c1ccncc1. The summed E-state index contributed by atoms with van der Waals surface area (Å²) in [6.07, 6.45) is 3.67. The molecule has 0 spiro atoms. The average molecular weight is 387 g/mol. The van der Waals surface area contributed by atoms with Gasteiger partial charge in [-0.1, -0.05) is 24.6 Å². The Morgan fingerprint density at radius 2 is 1.84 bits per heavy atom. The number of rotatable bonds is 4. The van der Waals surface area contributed by atoms with Crippen LogP contribution in [0.3, 0.4) is 0 Å². The molecule has 0 radical (unpaired) electrons. The minimum atomic E-state index is 0.233. The van der Waals surface area contributed by atoms with Crippen LogP contribution in [0.1, 0.15) is 30.0 Å². The molecule has 2 atom stereocenters. The lowest BCUT2D eigenvalue weighted by molar-refractivity contribution is 0.507. The number of nitrogens with one attached hydrogen (secondary N) is 1. The monoisotopic (exact) mass is 386 g/mol. The molecule has 2 rings (SSSR count). The van der Waals surface area contributed by atoms with Crippen LogP contribution in [-0.4, -0.2) is 12.0 Å². The molecule has 0 aliphatic rings. The molecule has 0 aliphatic carbocycles. The van der Waals surface area contributed by atoms with Crippen LogP contribution < -0.4 is 5.32 Å². The molecule has 4 heteroatoms. The van der Waals surface area contributed by atoms with Crippen LogP contribution in [0.25, 0.3) is 0 Å². The zero-order valence-electron chi connectivity index (χ0n) is 10.9. The van der Waals surface area contributed by atoms with Crippen molar-refractivity contribution in [3.05, 3.63) is 62.4 Å². The average Bonchev–Trinajstić information content (AvgIpc) is 2.44. The summed E-state index contributed by atoms with van der Waals surface area (Å²) in [6, 6.07) is 10.6. The molecule has 1 aromatic heterocycles. The van der Waals surface area contributed by atoms with Crippen molar-refractivity contribution in [3.8, 4) is 0 Å². The molecule has 0 bridgehead atoms. The Labute approximate surface area is 132 Å². The number of pyridine rings is 1. The summed E-state index contributed by atoms with van der Waals surface area (Å²) < 4.78 is 1.08. The van der Waals surface area contributed by atoms with Crippen LogP contribution in [-0.2, 0) is 0 Å². The quantitative estimate of drug-likeness (QED) is 0.788. The minimum Gasteiger partial charge on any atom is -0.312 e. The van der Waals surface area contributed by atoms with E-state index in [1.807, 2.05) is 25.5 Å². The Morgan fingerprint density at radius 1 is 1.16 bits per heavy atom. The van der Waals surface area contributed by atoms with E-state index in [2.05, 4.69) is 64.1 Å². The van der Waals surface area contributed by atoms with Gasteiger partial charge in [0.25, 0.3) is 0 Å². The standard InChI is InChI=1S/C15H16ClIN2/c1-10(11-5-7-19-8-6-11)15(18-2)12-3-4-14(17)13(16)9-12/h3-10,15,18H,1-2H3. The number of halogens is 2. The van der Waals surface area contributed by atoms with Crippen molar-refractivity contribution < 1.29 is 0 Å². The van der Waals surface area contributed by atoms with E-state index in [-0.39, 0.29) is 6.04 Å². The van der Waals surface area contributed by atoms with Crippen LogP contribution >= 0.6 is 34.2 Å². The summed E-state index contributed by atoms with van der Waals surface area (Å²) in [5, 5.41) is 4.19. The molecule has 0 saturated carbocycles. The fourth-order valence-corrected chi connectivity index (χ4v) is 2.80. The van der Waals surface area contributed by atoms with Gasteiger partial charge < -0.3 is 5.32 Å². The second-order valence-corrected chi connectivity index (χ2v) is 6.08. The number of hydrogen-bond donors (Lipinski definition) is 1. The molecule has 19 heavy (non-hydrogen) atoms. The predicted octanol–water partition coefficient (Wildman–Crippen LogP) is 4.40. The summed E-state index contributed by atoms with van der Waals surface area (Å²) in [5.41, 5.74) is 2.47. The third kappa shape index (κ3) is 3.46. The number of aromatic nitrogens is 1. The molecule has 2 nitrogen and oxygen atoms in total. The maximum Gasteiger partial charge on any atom is 0.0542 e. The van der Waals surface area contributed by atoms with Crippen molar-refractivity contribution >= 4 is 34.2 Å². The van der Waals surface area contributed by atoms with Gasteiger partial charge in [-0.05, 0) is 65.0 Å². The molecule has 100 valence electrons. The molecule has 2 aromatic rings. The number of nitrogens with zero attached hydrogens (tertiary/aromatic N) is 1. The van der Waals surface area contributed by atoms with E-state index in [1.165, 1.54) is 11.1 Å². The van der Waals surface area contributed by atoms with Gasteiger partial charge in [-0.3, -0.25) is 4.98 Å². The number of hydrogen-bond acceptors (Lipinski definition) is 2. The van der Waals surface area contributed by atoms with E-state index in [0.717, 1.165) is 8.59 Å². The second-order valence-electron chi connectivity index (χ2n) is 4.51. The fraction of sp³-hybridized carbons (Fsp3) is 0.267. The van der Waals surface area contributed by atoms with Crippen molar-refractivity contribution in [2.45, 2.75) is 18.9 Å². The van der Waals surface area contributed by atoms with Crippen molar-refractivity contribution in [2.75, 3.05) is 7.05 Å². The van der Waals surface area contributed by atoms with Gasteiger partial charge in [-0.2, -0.15) is 0 Å². The molecule has 1 heterocycles. The van der Waals surface area contributed by atoms with Crippen molar-refractivity contribution in [2.24, 2.45) is 0 Å². The highest BCUT2D eigenvalue weighted by molar-refractivity contribution is 14.1. The second kappa shape index (κ2) is 6.68. The Balaban J connectivity index is 2.31. The van der Waals surface area contributed by atoms with Crippen molar-refractivity contribution in [1.29, 1.82) is 0 Å². The molecule has 0 saturated heterocycles. The Kier molecular flexibility index (Phi) is 5.19. The first-order valence-electron chi connectivity index (χ1n) is 6.15. The highest BCUT2D eigenvalue weighted by atomic mass is 127. The molecule has 1 aromatic carbocycles. The van der Waals surface area contributed by atoms with Crippen LogP contribution in [0.15, 0.2) is 42.7 Å². The van der Waals surface area contributed by atoms with Crippen LogP contribution in [0.4, 0.5) is 0 Å². The van der Waals surface area contributed by atoms with Gasteiger partial charge in [-0.25, -0.2) is 0 Å². The van der Waals surface area contributed by atoms with E-state index in [4.69, 9.17) is 11.6 Å². The van der Waals surface area contributed by atoms with Crippen LogP contribution in [0.2, 0.25) is 5.02 Å². The highest BCUT2D eigenvalue weighted by Crippen LogP contribution is 2.32. The Bertz CT molecular complexity index is 545. The summed E-state index contributed by atoms with van der Waals surface area (Å²) in [4.78, 5) is 4.07. The minimum absolute atomic E-state index is 0.233. The molecule has 2 unspecified atom stereocenters. The first kappa shape index (κ1) is 14.8. The molecule has 0 amide bonds. The van der Waals surface area contributed by atoms with Crippen LogP contribution in [0, 0.1) is 3.57 Å². The molecular formula is C15H16ClIN2. The van der Waals surface area contributed by atoms with E-state index in [1.54, 1.807) is 0 Å². The molecular weight excluding hydrogens is 371 g/mol. The lowest BCUT2D eigenvalue weighted by Gasteiger charge is -2.24. The third-order valence-electron chi connectivity index (χ3n) is 3.35. The zero-order chi connectivity index (χ0) is 13.8. The summed E-state index contributed by atoms with van der Waals surface area (Å²) in [6.45, 7) is 2.21. The lowest BCUT2D eigenvalue weighted by Crippen LogP contribution is -2.22. The van der Waals surface area contributed by atoms with E-state index in [9.17, 15) is 0 Å². The van der Waals surface area contributed by atoms with Crippen molar-refractivity contribution in [3.63, 3.8) is 0 Å². The highest BCUT2D eigenvalue weighted by Gasteiger charge is 2.19. The smallest absolute Gasteiger partial charge is 0.0542 e. The summed E-state index contributed by atoms with van der Waals surface area (Å²) in [5.74, 6) is 0.351. The number of likely N-dealkylation sites (N-methyl/N-ethyl adjacent to an activating group) is 1. The summed E-state index contributed by atoms with van der Waals surface area (Å²) >= 11 is 8.47. The first-order chi connectivity index (χ1) is 9.13. The van der Waals surface area contributed by atoms with Gasteiger partial charge in [0.1, 0.15) is 0 Å². The third-order valence-corrected chi connectivity index (χ3v) is 4.92. The Morgan fingerprint density at radius 3 is 2.42 bits per heavy atom. The molecule has 0 aliphatic heterocycles. The van der Waals surface area contributed by atoms with Gasteiger partial charge in [0.05, 0.1) is 5.02 Å². The predicted molar refractivity (Wildman–Crippen MR) is 88.6 cm³/mol. The Hall–Kier alpha value is -0.650.